The van der Waals surface area contributed by atoms with Crippen LogP contribution in [0.15, 0.2) is 36.4 Å². The van der Waals surface area contributed by atoms with Crippen molar-refractivity contribution in [3.63, 3.8) is 0 Å². The minimum atomic E-state index is -1.26. The highest BCUT2D eigenvalue weighted by atomic mass is 35.5. The summed E-state index contributed by atoms with van der Waals surface area (Å²) in [7, 11) is 1.52. The second-order valence-electron chi connectivity index (χ2n) is 10.9. The van der Waals surface area contributed by atoms with Crippen LogP contribution in [0.1, 0.15) is 55.3 Å². The largest absolute Gasteiger partial charge is 0.496 e. The molecule has 2 fully saturated rings. The van der Waals surface area contributed by atoms with Gasteiger partial charge in [0.2, 0.25) is 5.91 Å². The SMILES string of the molecule is COc1cc(N)c(Cl)cc1C(=O)NC1CCN(CC2CCN(C(=O)C3CC=CCC3)CC2)CC1.O=C(O)/C=C/C(=O)O. The van der Waals surface area contributed by atoms with Gasteiger partial charge in [-0.3, -0.25) is 9.59 Å². The molecule has 0 bridgehead atoms. The number of benzene rings is 1. The number of nitrogens with zero attached hydrogens (tertiary/aromatic N) is 2. The van der Waals surface area contributed by atoms with Crippen LogP contribution >= 0.6 is 11.6 Å². The van der Waals surface area contributed by atoms with Crippen molar-refractivity contribution in [3.8, 4) is 5.75 Å². The highest BCUT2D eigenvalue weighted by Gasteiger charge is 2.30. The molecule has 42 heavy (non-hydrogen) atoms. The molecule has 12 heteroatoms. The number of hydrogen-bond donors (Lipinski definition) is 4. The standard InChI is InChI=1S/C26H37ClN4O3.C4H4O4/c1-34-24-16-23(28)22(27)15-21(24)25(32)29-20-9-11-30(12-10-20)17-18-7-13-31(14-8-18)26(33)19-5-3-2-4-6-19;5-3(6)1-2-4(7)8/h2-3,15-16,18-20H,4-14,17,28H2,1H3,(H,29,32);1-2H,(H,5,6)(H,7,8)/b;2-1+. The van der Waals surface area contributed by atoms with Gasteiger partial charge in [0, 0.05) is 62.9 Å². The first-order chi connectivity index (χ1) is 20.1. The summed E-state index contributed by atoms with van der Waals surface area (Å²) < 4.78 is 5.31. The van der Waals surface area contributed by atoms with Crippen LogP contribution in [0.25, 0.3) is 0 Å². The van der Waals surface area contributed by atoms with Gasteiger partial charge in [0.1, 0.15) is 5.75 Å². The molecule has 2 aliphatic heterocycles. The minimum Gasteiger partial charge on any atom is -0.496 e. The van der Waals surface area contributed by atoms with E-state index in [2.05, 4.69) is 27.3 Å². The number of carboxylic acid groups (broad SMARTS) is 2. The Balaban J connectivity index is 0.000000531. The van der Waals surface area contributed by atoms with Crippen molar-refractivity contribution in [2.75, 3.05) is 45.6 Å². The number of methoxy groups -OCH3 is 1. The van der Waals surface area contributed by atoms with Crippen molar-refractivity contribution >= 4 is 41.0 Å². The van der Waals surface area contributed by atoms with Crippen LogP contribution in [0.4, 0.5) is 5.69 Å². The summed E-state index contributed by atoms with van der Waals surface area (Å²) in [6.07, 6.45) is 12.4. The molecule has 2 amide bonds. The molecule has 1 aromatic rings. The summed E-state index contributed by atoms with van der Waals surface area (Å²) in [6, 6.07) is 3.29. The van der Waals surface area contributed by atoms with Crippen molar-refractivity contribution in [2.45, 2.75) is 51.0 Å². The molecule has 230 valence electrons. The highest BCUT2D eigenvalue weighted by molar-refractivity contribution is 6.33. The van der Waals surface area contributed by atoms with Crippen LogP contribution in [-0.4, -0.2) is 89.6 Å². The average Bonchev–Trinajstić information content (AvgIpc) is 2.99. The number of nitrogens with one attached hydrogen (secondary N) is 1. The second-order valence-corrected chi connectivity index (χ2v) is 11.3. The van der Waals surface area contributed by atoms with Crippen molar-refractivity contribution in [1.29, 1.82) is 0 Å². The lowest BCUT2D eigenvalue weighted by Crippen LogP contribution is -2.48. The van der Waals surface area contributed by atoms with E-state index in [1.807, 2.05) is 0 Å². The van der Waals surface area contributed by atoms with Crippen LogP contribution in [-0.2, 0) is 14.4 Å². The number of carbonyl (C=O) groups is 4. The molecule has 1 unspecified atom stereocenters. The zero-order chi connectivity index (χ0) is 30.6. The summed E-state index contributed by atoms with van der Waals surface area (Å²) in [6.45, 7) is 4.80. The number of anilines is 1. The third-order valence-corrected chi connectivity index (χ3v) is 8.24. The molecule has 5 N–H and O–H groups in total. The lowest BCUT2D eigenvalue weighted by molar-refractivity contribution is -0.137. The van der Waals surface area contributed by atoms with Crippen LogP contribution in [0, 0.1) is 11.8 Å². The Morgan fingerprint density at radius 2 is 1.64 bits per heavy atom. The molecule has 2 heterocycles. The van der Waals surface area contributed by atoms with Crippen molar-refractivity contribution < 1.29 is 34.1 Å². The number of nitrogen functional groups attached to an aromatic ring is 1. The predicted octanol–water partition coefficient (Wildman–Crippen LogP) is 3.43. The number of amides is 2. The number of aliphatic carboxylic acids is 2. The second kappa shape index (κ2) is 16.2. The number of halogens is 1. The first kappa shape index (κ1) is 32.9. The number of hydrogen-bond acceptors (Lipinski definition) is 7. The molecule has 2 saturated heterocycles. The summed E-state index contributed by atoms with van der Waals surface area (Å²) in [5, 5.41) is 19.1. The highest BCUT2D eigenvalue weighted by Crippen LogP contribution is 2.29. The number of likely N-dealkylation sites (tertiary alicyclic amines) is 2. The van der Waals surface area contributed by atoms with Gasteiger partial charge in [-0.2, -0.15) is 0 Å². The van der Waals surface area contributed by atoms with Gasteiger partial charge in [-0.05, 0) is 56.9 Å². The lowest BCUT2D eigenvalue weighted by atomic mass is 9.90. The molecule has 0 aromatic heterocycles. The fourth-order valence-corrected chi connectivity index (χ4v) is 5.72. The van der Waals surface area contributed by atoms with E-state index in [4.69, 9.17) is 32.3 Å². The molecular weight excluding hydrogens is 564 g/mol. The van der Waals surface area contributed by atoms with E-state index in [1.165, 1.54) is 7.11 Å². The zero-order valence-electron chi connectivity index (χ0n) is 24.0. The van der Waals surface area contributed by atoms with Gasteiger partial charge in [0.15, 0.2) is 0 Å². The van der Waals surface area contributed by atoms with E-state index >= 15 is 0 Å². The zero-order valence-corrected chi connectivity index (χ0v) is 24.7. The van der Waals surface area contributed by atoms with Crippen LogP contribution in [0.3, 0.4) is 0 Å². The third-order valence-electron chi connectivity index (χ3n) is 7.92. The summed E-state index contributed by atoms with van der Waals surface area (Å²) in [5.41, 5.74) is 6.63. The maximum atomic E-state index is 12.8. The number of allylic oxidation sites excluding steroid dienone is 2. The molecule has 0 saturated carbocycles. The van der Waals surface area contributed by atoms with Gasteiger partial charge in [0.05, 0.1) is 23.4 Å². The fourth-order valence-electron chi connectivity index (χ4n) is 5.56. The Labute approximate surface area is 251 Å². The number of carbonyl (C=O) groups excluding carboxylic acids is 2. The Kier molecular flexibility index (Phi) is 12.7. The topological polar surface area (TPSA) is 162 Å². The van der Waals surface area contributed by atoms with E-state index < -0.39 is 11.9 Å². The Bertz CT molecular complexity index is 1160. The van der Waals surface area contributed by atoms with Gasteiger partial charge in [-0.1, -0.05) is 23.8 Å². The van der Waals surface area contributed by atoms with Gasteiger partial charge < -0.3 is 35.8 Å². The minimum absolute atomic E-state index is 0.133. The summed E-state index contributed by atoms with van der Waals surface area (Å²) >= 11 is 6.12. The summed E-state index contributed by atoms with van der Waals surface area (Å²) in [5.74, 6) is -1.06. The molecule has 0 radical (unpaired) electrons. The monoisotopic (exact) mass is 604 g/mol. The van der Waals surface area contributed by atoms with E-state index in [1.54, 1.807) is 12.1 Å². The number of ether oxygens (including phenoxy) is 1. The Morgan fingerprint density at radius 3 is 2.19 bits per heavy atom. The van der Waals surface area contributed by atoms with E-state index in [0.717, 1.165) is 77.7 Å². The average molecular weight is 605 g/mol. The first-order valence-electron chi connectivity index (χ1n) is 14.3. The van der Waals surface area contributed by atoms with Crippen LogP contribution in [0.2, 0.25) is 5.02 Å². The van der Waals surface area contributed by atoms with E-state index in [0.29, 0.717) is 46.0 Å². The first-order valence-corrected chi connectivity index (χ1v) is 14.7. The van der Waals surface area contributed by atoms with Gasteiger partial charge in [-0.15, -0.1) is 0 Å². The number of piperidine rings is 2. The number of carboxylic acids is 2. The van der Waals surface area contributed by atoms with Crippen molar-refractivity contribution in [2.24, 2.45) is 11.8 Å². The predicted molar refractivity (Wildman–Crippen MR) is 160 cm³/mol. The maximum absolute atomic E-state index is 12.8. The number of rotatable bonds is 8. The van der Waals surface area contributed by atoms with E-state index in [9.17, 15) is 19.2 Å². The smallest absolute Gasteiger partial charge is 0.328 e. The summed E-state index contributed by atoms with van der Waals surface area (Å²) in [4.78, 5) is 49.3. The molecule has 1 aliphatic carbocycles. The number of nitrogens with two attached hydrogens (primary N) is 1. The van der Waals surface area contributed by atoms with Gasteiger partial charge in [0.25, 0.3) is 5.91 Å². The maximum Gasteiger partial charge on any atom is 0.328 e. The molecular formula is C30H41ClN4O7. The lowest BCUT2D eigenvalue weighted by Gasteiger charge is -2.38. The van der Waals surface area contributed by atoms with E-state index in [-0.39, 0.29) is 17.9 Å². The fraction of sp³-hybridized carbons (Fsp3) is 0.533. The molecule has 1 aromatic carbocycles. The van der Waals surface area contributed by atoms with Gasteiger partial charge >= 0.3 is 11.9 Å². The molecule has 11 nitrogen and oxygen atoms in total. The normalized spacial score (nSPS) is 20.0. The Morgan fingerprint density at radius 1 is 1.00 bits per heavy atom. The quantitative estimate of drug-likeness (QED) is 0.198. The van der Waals surface area contributed by atoms with Crippen molar-refractivity contribution in [1.82, 2.24) is 15.1 Å². The Hall–Kier alpha value is -3.57. The van der Waals surface area contributed by atoms with Crippen molar-refractivity contribution in [3.05, 3.63) is 47.0 Å². The van der Waals surface area contributed by atoms with Gasteiger partial charge in [-0.25, -0.2) is 9.59 Å². The molecule has 0 spiro atoms. The molecule has 1 atom stereocenters. The van der Waals surface area contributed by atoms with Crippen LogP contribution in [0.5, 0.6) is 5.75 Å². The third kappa shape index (κ3) is 10.1. The molecule has 3 aliphatic rings. The molecule has 4 rings (SSSR count). The van der Waals surface area contributed by atoms with Crippen LogP contribution < -0.4 is 15.8 Å².